The number of hydrogen-bond donors (Lipinski definition) is 3. The Hall–Kier alpha value is -1.34. The van der Waals surface area contributed by atoms with Crippen LogP contribution in [0.3, 0.4) is 0 Å². The number of hydrogen-bond acceptors (Lipinski definition) is 5. The molecule has 0 aromatic rings. The van der Waals surface area contributed by atoms with Gasteiger partial charge in [-0.25, -0.2) is 4.79 Å². The van der Waals surface area contributed by atoms with Gasteiger partial charge in [0, 0.05) is 18.6 Å². The van der Waals surface area contributed by atoms with E-state index in [1.165, 1.54) is 0 Å². The third-order valence-electron chi connectivity index (χ3n) is 11.2. The number of ether oxygens (including phenoxy) is 1. The summed E-state index contributed by atoms with van der Waals surface area (Å²) >= 11 is 0. The van der Waals surface area contributed by atoms with Gasteiger partial charge in [-0.05, 0) is 99.2 Å². The molecular weight excluding hydrogens is 420 g/mol. The normalized spacial score (nSPS) is 47.9. The van der Waals surface area contributed by atoms with Gasteiger partial charge in [0.2, 0.25) is 0 Å². The molecule has 5 aliphatic rings. The molecule has 1 amide bonds. The lowest BCUT2D eigenvalue weighted by Crippen LogP contribution is -2.66. The van der Waals surface area contributed by atoms with Crippen LogP contribution in [0.5, 0.6) is 0 Å². The van der Waals surface area contributed by atoms with Crippen LogP contribution in [-0.4, -0.2) is 58.0 Å². The molecule has 0 spiro atoms. The molecule has 0 bridgehead atoms. The Morgan fingerprint density at radius 3 is 2.36 bits per heavy atom. The first kappa shape index (κ1) is 23.4. The Labute approximate surface area is 197 Å². The summed E-state index contributed by atoms with van der Waals surface area (Å²) in [7, 11) is 0. The van der Waals surface area contributed by atoms with Gasteiger partial charge < -0.3 is 25.6 Å². The third-order valence-corrected chi connectivity index (χ3v) is 11.2. The maximum Gasteiger partial charge on any atom is 0.410 e. The summed E-state index contributed by atoms with van der Waals surface area (Å²) in [6.07, 6.45) is 9.25. The first-order valence-electron chi connectivity index (χ1n) is 13.2. The van der Waals surface area contributed by atoms with Gasteiger partial charge in [-0.2, -0.15) is 0 Å². The summed E-state index contributed by atoms with van der Waals surface area (Å²) in [4.78, 5) is 26.4. The SMILES string of the molecule is C[C@]12CC[C@H](OC(=O)N3CCC(O)CC3)C[C@H]1CC[C@@H]1[C@@H]2CC[C@]2(C)[C@@H](C(=O)O)CC[C@]12N. The van der Waals surface area contributed by atoms with E-state index in [1.54, 1.807) is 4.90 Å². The zero-order valence-electron chi connectivity index (χ0n) is 20.3. The predicted octanol–water partition coefficient (Wildman–Crippen LogP) is 3.77. The van der Waals surface area contributed by atoms with Crippen LogP contribution in [0, 0.1) is 34.5 Å². The second kappa shape index (κ2) is 8.11. The number of amides is 1. The monoisotopic (exact) mass is 462 g/mol. The van der Waals surface area contributed by atoms with Gasteiger partial charge in [0.05, 0.1) is 12.0 Å². The van der Waals surface area contributed by atoms with E-state index in [0.29, 0.717) is 50.1 Å². The Morgan fingerprint density at radius 2 is 1.67 bits per heavy atom. The number of aliphatic hydroxyl groups excluding tert-OH is 1. The molecule has 0 aromatic heterocycles. The molecule has 8 atom stereocenters. The summed E-state index contributed by atoms with van der Waals surface area (Å²) in [5.74, 6) is 0.453. The number of piperidine rings is 1. The van der Waals surface area contributed by atoms with E-state index in [9.17, 15) is 19.8 Å². The molecule has 0 radical (unpaired) electrons. The molecule has 0 unspecified atom stereocenters. The van der Waals surface area contributed by atoms with Crippen molar-refractivity contribution in [2.24, 2.45) is 40.2 Å². The van der Waals surface area contributed by atoms with Crippen LogP contribution in [0.25, 0.3) is 0 Å². The van der Waals surface area contributed by atoms with Gasteiger partial charge in [0.15, 0.2) is 0 Å². The van der Waals surface area contributed by atoms with Crippen LogP contribution in [0.4, 0.5) is 4.79 Å². The highest BCUT2D eigenvalue weighted by atomic mass is 16.6. The topological polar surface area (TPSA) is 113 Å². The van der Waals surface area contributed by atoms with E-state index in [0.717, 1.165) is 51.4 Å². The fraction of sp³-hybridized carbons (Fsp3) is 0.923. The number of aliphatic hydroxyl groups is 1. The molecule has 4 N–H and O–H groups in total. The molecule has 1 aliphatic heterocycles. The fourth-order valence-electron chi connectivity index (χ4n) is 9.06. The Bertz CT molecular complexity index is 798. The number of rotatable bonds is 2. The van der Waals surface area contributed by atoms with Gasteiger partial charge in [-0.1, -0.05) is 13.8 Å². The summed E-state index contributed by atoms with van der Waals surface area (Å²) in [6, 6.07) is 0. The maximum absolute atomic E-state index is 12.7. The second-order valence-corrected chi connectivity index (χ2v) is 12.4. The summed E-state index contributed by atoms with van der Waals surface area (Å²) in [6.45, 7) is 5.74. The molecule has 4 aliphatic carbocycles. The number of fused-ring (bicyclic) bond motifs is 5. The number of carbonyl (C=O) groups is 2. The zero-order chi connectivity index (χ0) is 23.6. The van der Waals surface area contributed by atoms with Crippen molar-refractivity contribution in [2.45, 2.75) is 102 Å². The minimum Gasteiger partial charge on any atom is -0.481 e. The molecule has 0 aromatic carbocycles. The molecule has 186 valence electrons. The number of nitrogens with two attached hydrogens (primary N) is 1. The van der Waals surface area contributed by atoms with Crippen molar-refractivity contribution in [3.05, 3.63) is 0 Å². The number of aliphatic carboxylic acids is 1. The van der Waals surface area contributed by atoms with Gasteiger partial charge in [-0.3, -0.25) is 4.79 Å². The van der Waals surface area contributed by atoms with E-state index < -0.39 is 5.97 Å². The molecule has 1 saturated heterocycles. The Balaban J connectivity index is 1.26. The number of likely N-dealkylation sites (tertiary alicyclic amines) is 1. The van der Waals surface area contributed by atoms with E-state index in [4.69, 9.17) is 10.5 Å². The average Bonchev–Trinajstić information content (AvgIpc) is 3.06. The number of carboxylic acids is 1. The van der Waals surface area contributed by atoms with Gasteiger partial charge in [0.1, 0.15) is 6.10 Å². The summed E-state index contributed by atoms with van der Waals surface area (Å²) in [5.41, 5.74) is 6.69. The highest BCUT2D eigenvalue weighted by Crippen LogP contribution is 2.68. The van der Waals surface area contributed by atoms with Crippen LogP contribution < -0.4 is 5.73 Å². The highest BCUT2D eigenvalue weighted by Gasteiger charge is 2.67. The molecule has 5 fully saturated rings. The van der Waals surface area contributed by atoms with E-state index >= 15 is 0 Å². The van der Waals surface area contributed by atoms with Crippen molar-refractivity contribution in [3.63, 3.8) is 0 Å². The van der Waals surface area contributed by atoms with Gasteiger partial charge in [0.25, 0.3) is 0 Å². The molecule has 33 heavy (non-hydrogen) atoms. The maximum atomic E-state index is 12.7. The lowest BCUT2D eigenvalue weighted by Gasteiger charge is -2.64. The first-order chi connectivity index (χ1) is 15.6. The lowest BCUT2D eigenvalue weighted by atomic mass is 9.42. The Morgan fingerprint density at radius 1 is 0.939 bits per heavy atom. The van der Waals surface area contributed by atoms with E-state index in [2.05, 4.69) is 13.8 Å². The number of carboxylic acid groups (broad SMARTS) is 1. The minimum absolute atomic E-state index is 0.0254. The van der Waals surface area contributed by atoms with Gasteiger partial charge in [-0.15, -0.1) is 0 Å². The summed E-state index contributed by atoms with van der Waals surface area (Å²) in [5, 5.41) is 19.6. The first-order valence-corrected chi connectivity index (χ1v) is 13.2. The number of nitrogens with zero attached hydrogens (tertiary/aromatic N) is 1. The fourth-order valence-corrected chi connectivity index (χ4v) is 9.06. The molecule has 4 saturated carbocycles. The van der Waals surface area contributed by atoms with Crippen molar-refractivity contribution >= 4 is 12.1 Å². The lowest BCUT2D eigenvalue weighted by molar-refractivity contribution is -0.157. The smallest absolute Gasteiger partial charge is 0.410 e. The van der Waals surface area contributed by atoms with Crippen LogP contribution in [0.1, 0.15) is 84.5 Å². The molecule has 1 heterocycles. The highest BCUT2D eigenvalue weighted by molar-refractivity contribution is 5.72. The van der Waals surface area contributed by atoms with Crippen LogP contribution >= 0.6 is 0 Å². The number of carbonyl (C=O) groups excluding carboxylic acids is 1. The predicted molar refractivity (Wildman–Crippen MR) is 123 cm³/mol. The van der Waals surface area contributed by atoms with Crippen LogP contribution in [0.15, 0.2) is 0 Å². The third kappa shape index (κ3) is 3.51. The van der Waals surface area contributed by atoms with Crippen LogP contribution in [-0.2, 0) is 9.53 Å². The quantitative estimate of drug-likeness (QED) is 0.576. The van der Waals surface area contributed by atoms with Crippen molar-refractivity contribution in [1.82, 2.24) is 4.90 Å². The van der Waals surface area contributed by atoms with Crippen molar-refractivity contribution < 1.29 is 24.5 Å². The largest absolute Gasteiger partial charge is 0.481 e. The average molecular weight is 463 g/mol. The second-order valence-electron chi connectivity index (χ2n) is 12.4. The van der Waals surface area contributed by atoms with Gasteiger partial charge >= 0.3 is 12.1 Å². The van der Waals surface area contributed by atoms with Crippen molar-refractivity contribution in [2.75, 3.05) is 13.1 Å². The van der Waals surface area contributed by atoms with Crippen molar-refractivity contribution in [3.8, 4) is 0 Å². The molecule has 5 rings (SSSR count). The molecule has 7 heteroatoms. The van der Waals surface area contributed by atoms with Crippen molar-refractivity contribution in [1.29, 1.82) is 0 Å². The minimum atomic E-state index is -0.672. The summed E-state index contributed by atoms with van der Waals surface area (Å²) < 4.78 is 5.96. The van der Waals surface area contributed by atoms with E-state index in [-0.39, 0.29) is 40.6 Å². The molecule has 7 nitrogen and oxygen atoms in total. The van der Waals surface area contributed by atoms with E-state index in [1.807, 2.05) is 0 Å². The Kier molecular flexibility index (Phi) is 5.75. The zero-order valence-corrected chi connectivity index (χ0v) is 20.3. The standard InChI is InChI=1S/C26H42N2O5/c1-24-10-5-18(33-23(32)28-13-8-17(29)9-14-28)15-16(24)3-4-20-19(24)6-11-25(2)21(22(30)31)7-12-26(20,25)27/h16-21,29H,3-15,27H2,1-2H3,(H,30,31)/t16-,18+,19+,20-,21-,24+,25-,26+/m1/s1. The molecular formula is C26H42N2O5. The van der Waals surface area contributed by atoms with Crippen LogP contribution in [0.2, 0.25) is 0 Å².